The molecule has 0 aromatic carbocycles. The van der Waals surface area contributed by atoms with Crippen molar-refractivity contribution in [1.29, 1.82) is 0 Å². The molecule has 76 valence electrons. The molecule has 0 saturated heterocycles. The van der Waals surface area contributed by atoms with Gasteiger partial charge in [-0.3, -0.25) is 9.78 Å². The summed E-state index contributed by atoms with van der Waals surface area (Å²) >= 11 is 0. The summed E-state index contributed by atoms with van der Waals surface area (Å²) in [6, 6.07) is 1.69. The molecule has 0 saturated carbocycles. The molecule has 1 aromatic heterocycles. The number of hydrogen-bond donors (Lipinski definition) is 0. The molecule has 0 unspecified atom stereocenters. The summed E-state index contributed by atoms with van der Waals surface area (Å²) in [6.07, 6.45) is 3.15. The highest BCUT2D eigenvalue weighted by molar-refractivity contribution is 6.01. The second-order valence-corrected chi connectivity index (χ2v) is 4.16. The second-order valence-electron chi connectivity index (χ2n) is 4.16. The van der Waals surface area contributed by atoms with Crippen LogP contribution < -0.4 is 4.74 Å². The Kier molecular flexibility index (Phi) is 2.89. The fourth-order valence-corrected chi connectivity index (χ4v) is 1.13. The summed E-state index contributed by atoms with van der Waals surface area (Å²) in [5.41, 5.74) is 0.198. The normalized spacial score (nSPS) is 11.1. The molecule has 0 N–H and O–H groups in total. The van der Waals surface area contributed by atoms with E-state index in [2.05, 4.69) is 4.98 Å². The molecular formula is C11H15NO2. The molecule has 1 rings (SSSR count). The van der Waals surface area contributed by atoms with E-state index in [0.717, 1.165) is 0 Å². The third-order valence-electron chi connectivity index (χ3n) is 1.93. The van der Waals surface area contributed by atoms with Crippen LogP contribution in [0.2, 0.25) is 0 Å². The van der Waals surface area contributed by atoms with E-state index in [9.17, 15) is 4.79 Å². The maximum atomic E-state index is 11.9. The van der Waals surface area contributed by atoms with Crippen molar-refractivity contribution in [3.05, 3.63) is 24.0 Å². The van der Waals surface area contributed by atoms with Crippen LogP contribution >= 0.6 is 0 Å². The van der Waals surface area contributed by atoms with E-state index in [0.29, 0.717) is 11.3 Å². The van der Waals surface area contributed by atoms with E-state index < -0.39 is 5.41 Å². The first-order valence-electron chi connectivity index (χ1n) is 4.49. The number of Topliss-reactive ketones (excluding diaryl/α,β-unsaturated/α-hetero) is 1. The van der Waals surface area contributed by atoms with Gasteiger partial charge < -0.3 is 4.74 Å². The Morgan fingerprint density at radius 1 is 1.43 bits per heavy atom. The van der Waals surface area contributed by atoms with Gasteiger partial charge in [0.2, 0.25) is 0 Å². The lowest BCUT2D eigenvalue weighted by atomic mass is 9.86. The molecule has 1 heterocycles. The van der Waals surface area contributed by atoms with Gasteiger partial charge in [0.15, 0.2) is 5.78 Å². The highest BCUT2D eigenvalue weighted by Gasteiger charge is 2.25. The standard InChI is InChI=1S/C11H15NO2/c1-11(2,3)10(13)8-5-6-12-7-9(8)14-4/h5-7H,1-4H3. The van der Waals surface area contributed by atoms with Gasteiger partial charge in [-0.25, -0.2) is 0 Å². The predicted octanol–water partition coefficient (Wildman–Crippen LogP) is 2.32. The fraction of sp³-hybridized carbons (Fsp3) is 0.455. The second kappa shape index (κ2) is 3.78. The van der Waals surface area contributed by atoms with Gasteiger partial charge in [-0.05, 0) is 6.07 Å². The van der Waals surface area contributed by atoms with E-state index in [1.807, 2.05) is 20.8 Å². The van der Waals surface area contributed by atoms with E-state index >= 15 is 0 Å². The molecule has 0 aliphatic heterocycles. The quantitative estimate of drug-likeness (QED) is 0.676. The van der Waals surface area contributed by atoms with Gasteiger partial charge in [-0.1, -0.05) is 20.8 Å². The maximum Gasteiger partial charge on any atom is 0.172 e. The van der Waals surface area contributed by atoms with Crippen LogP contribution in [0.1, 0.15) is 31.1 Å². The number of nitrogens with zero attached hydrogens (tertiary/aromatic N) is 1. The van der Waals surface area contributed by atoms with E-state index in [-0.39, 0.29) is 5.78 Å². The van der Waals surface area contributed by atoms with Gasteiger partial charge in [-0.2, -0.15) is 0 Å². The number of carbonyl (C=O) groups excluding carboxylic acids is 1. The molecule has 1 aromatic rings. The molecule has 0 radical (unpaired) electrons. The summed E-state index contributed by atoms with van der Waals surface area (Å²) in [7, 11) is 1.54. The SMILES string of the molecule is COc1cnccc1C(=O)C(C)(C)C. The summed E-state index contributed by atoms with van der Waals surface area (Å²) in [4.78, 5) is 15.8. The van der Waals surface area contributed by atoms with Gasteiger partial charge in [0.25, 0.3) is 0 Å². The van der Waals surface area contributed by atoms with Crippen LogP contribution in [0.15, 0.2) is 18.5 Å². The molecular weight excluding hydrogens is 178 g/mol. The molecule has 0 amide bonds. The van der Waals surface area contributed by atoms with Crippen LogP contribution in [0.3, 0.4) is 0 Å². The minimum absolute atomic E-state index is 0.0664. The topological polar surface area (TPSA) is 39.2 Å². The lowest BCUT2D eigenvalue weighted by Crippen LogP contribution is -2.20. The zero-order valence-corrected chi connectivity index (χ0v) is 9.00. The number of ether oxygens (including phenoxy) is 1. The van der Waals surface area contributed by atoms with Crippen molar-refractivity contribution in [2.45, 2.75) is 20.8 Å². The van der Waals surface area contributed by atoms with Crippen LogP contribution in [0.4, 0.5) is 0 Å². The molecule has 0 aliphatic carbocycles. The minimum atomic E-state index is -0.394. The summed E-state index contributed by atoms with van der Waals surface area (Å²) < 4.78 is 5.08. The van der Waals surface area contributed by atoms with E-state index in [1.54, 1.807) is 18.5 Å². The molecule has 0 fully saturated rings. The number of rotatable bonds is 2. The number of ketones is 1. The van der Waals surface area contributed by atoms with Gasteiger partial charge in [0.05, 0.1) is 18.9 Å². The van der Waals surface area contributed by atoms with E-state index in [4.69, 9.17) is 4.74 Å². The van der Waals surface area contributed by atoms with Crippen molar-refractivity contribution >= 4 is 5.78 Å². The summed E-state index contributed by atoms with van der Waals surface area (Å²) in [6.45, 7) is 5.65. The van der Waals surface area contributed by atoms with Crippen LogP contribution in [0.5, 0.6) is 5.75 Å². The summed E-state index contributed by atoms with van der Waals surface area (Å²) in [5.74, 6) is 0.601. The Bertz CT molecular complexity index is 339. The first-order valence-corrected chi connectivity index (χ1v) is 4.49. The molecule has 14 heavy (non-hydrogen) atoms. The van der Waals surface area contributed by atoms with E-state index in [1.165, 1.54) is 7.11 Å². The zero-order valence-electron chi connectivity index (χ0n) is 9.00. The van der Waals surface area contributed by atoms with Crippen LogP contribution in [-0.2, 0) is 0 Å². The molecule has 0 atom stereocenters. The third-order valence-corrected chi connectivity index (χ3v) is 1.93. The van der Waals surface area contributed by atoms with Crippen molar-refractivity contribution in [1.82, 2.24) is 4.98 Å². The third kappa shape index (κ3) is 2.10. The number of aromatic nitrogens is 1. The number of hydrogen-bond acceptors (Lipinski definition) is 3. The minimum Gasteiger partial charge on any atom is -0.494 e. The number of carbonyl (C=O) groups is 1. The molecule has 0 spiro atoms. The fourth-order valence-electron chi connectivity index (χ4n) is 1.13. The van der Waals surface area contributed by atoms with Crippen molar-refractivity contribution in [3.8, 4) is 5.75 Å². The highest BCUT2D eigenvalue weighted by atomic mass is 16.5. The Balaban J connectivity index is 3.13. The average Bonchev–Trinajstić information content (AvgIpc) is 2.15. The average molecular weight is 193 g/mol. The molecule has 3 heteroatoms. The van der Waals surface area contributed by atoms with Crippen LogP contribution in [0, 0.1) is 5.41 Å². The smallest absolute Gasteiger partial charge is 0.172 e. The largest absolute Gasteiger partial charge is 0.494 e. The van der Waals surface area contributed by atoms with Crippen molar-refractivity contribution in [2.75, 3.05) is 7.11 Å². The Hall–Kier alpha value is -1.38. The summed E-state index contributed by atoms with van der Waals surface area (Å²) in [5, 5.41) is 0. The monoisotopic (exact) mass is 193 g/mol. The van der Waals surface area contributed by atoms with Gasteiger partial charge in [0.1, 0.15) is 5.75 Å². The predicted molar refractivity (Wildman–Crippen MR) is 54.6 cm³/mol. The first-order chi connectivity index (χ1) is 6.46. The molecule has 0 bridgehead atoms. The van der Waals surface area contributed by atoms with Crippen molar-refractivity contribution in [3.63, 3.8) is 0 Å². The zero-order chi connectivity index (χ0) is 10.8. The molecule has 0 aliphatic rings. The first kappa shape index (κ1) is 10.7. The van der Waals surface area contributed by atoms with Gasteiger partial charge >= 0.3 is 0 Å². The highest BCUT2D eigenvalue weighted by Crippen LogP contribution is 2.26. The van der Waals surface area contributed by atoms with Crippen LogP contribution in [0.25, 0.3) is 0 Å². The Morgan fingerprint density at radius 2 is 2.07 bits per heavy atom. The Morgan fingerprint density at radius 3 is 2.57 bits per heavy atom. The lowest BCUT2D eigenvalue weighted by molar-refractivity contribution is 0.0855. The van der Waals surface area contributed by atoms with Gasteiger partial charge in [0, 0.05) is 11.6 Å². The van der Waals surface area contributed by atoms with Gasteiger partial charge in [-0.15, -0.1) is 0 Å². The number of pyridine rings is 1. The Labute approximate surface area is 84.1 Å². The molecule has 3 nitrogen and oxygen atoms in total. The van der Waals surface area contributed by atoms with Crippen molar-refractivity contribution < 1.29 is 9.53 Å². The number of methoxy groups -OCH3 is 1. The maximum absolute atomic E-state index is 11.9. The van der Waals surface area contributed by atoms with Crippen molar-refractivity contribution in [2.24, 2.45) is 5.41 Å². The lowest BCUT2D eigenvalue weighted by Gasteiger charge is -2.17. The van der Waals surface area contributed by atoms with Crippen LogP contribution in [-0.4, -0.2) is 17.9 Å².